The van der Waals surface area contributed by atoms with Crippen LogP contribution in [0.25, 0.3) is 5.52 Å². The monoisotopic (exact) mass is 658 g/mol. The smallest absolute Gasteiger partial charge is 0.447 e. The van der Waals surface area contributed by atoms with Gasteiger partial charge in [-0.05, 0) is 55.8 Å². The van der Waals surface area contributed by atoms with Crippen LogP contribution in [0.15, 0.2) is 47.6 Å². The maximum absolute atomic E-state index is 15.5. The Morgan fingerprint density at radius 1 is 1.02 bits per heavy atom. The largest absolute Gasteiger partial charge is 0.495 e. The molecule has 0 saturated carbocycles. The first kappa shape index (κ1) is 31.9. The molecule has 3 aromatic rings. The number of pyridine rings is 1. The number of hydrogen-bond donors (Lipinski definition) is 3. The Kier molecular flexibility index (Phi) is 9.24. The van der Waals surface area contributed by atoms with Crippen LogP contribution in [0.4, 0.5) is 28.9 Å². The summed E-state index contributed by atoms with van der Waals surface area (Å²) in [6.45, 7) is 2.58. The van der Waals surface area contributed by atoms with Crippen LogP contribution in [-0.4, -0.2) is 96.7 Å². The molecule has 2 aromatic heterocycles. The van der Waals surface area contributed by atoms with Crippen molar-refractivity contribution in [3.8, 4) is 17.6 Å². The average Bonchev–Trinajstić information content (AvgIpc) is 3.64. The molecule has 14 heteroatoms. The van der Waals surface area contributed by atoms with Crippen molar-refractivity contribution in [1.29, 1.82) is 0 Å². The van der Waals surface area contributed by atoms with Crippen LogP contribution in [0.5, 0.6) is 5.75 Å². The van der Waals surface area contributed by atoms with E-state index in [9.17, 15) is 22.8 Å². The highest BCUT2D eigenvalue weighted by Gasteiger charge is 2.37. The second-order valence-electron chi connectivity index (χ2n) is 11.5. The minimum absolute atomic E-state index is 0.0596. The molecule has 6 heterocycles. The molecule has 0 radical (unpaired) electrons. The zero-order valence-electron chi connectivity index (χ0n) is 25.1. The van der Waals surface area contributed by atoms with Gasteiger partial charge in [0.1, 0.15) is 16.9 Å². The molecule has 3 N–H and O–H groups in total. The molecule has 2 fully saturated rings. The third-order valence-electron chi connectivity index (χ3n) is 8.56. The number of hydrogen-bond acceptors (Lipinski definition) is 7. The summed E-state index contributed by atoms with van der Waals surface area (Å²) >= 11 is -0.266. The van der Waals surface area contributed by atoms with Gasteiger partial charge in [0.15, 0.2) is 0 Å². The van der Waals surface area contributed by atoms with E-state index in [1.807, 2.05) is 0 Å². The fourth-order valence-electron chi connectivity index (χ4n) is 6.26. The van der Waals surface area contributed by atoms with E-state index in [4.69, 9.17) is 4.74 Å². The number of nitrogens with one attached hydrogen (secondary N) is 3. The number of alkyl halides is 4. The van der Waals surface area contributed by atoms with Gasteiger partial charge in [0.05, 0.1) is 54.6 Å². The van der Waals surface area contributed by atoms with E-state index >= 15 is 4.39 Å². The number of ether oxygens (including phenoxy) is 1. The summed E-state index contributed by atoms with van der Waals surface area (Å²) in [5.41, 5.74) is -2.60. The van der Waals surface area contributed by atoms with Gasteiger partial charge in [-0.25, -0.2) is 4.39 Å². The van der Waals surface area contributed by atoms with Gasteiger partial charge < -0.3 is 34.9 Å². The molecule has 4 atom stereocenters. The number of methoxy groups -OCH3 is 1. The lowest BCUT2D eigenvalue weighted by Crippen LogP contribution is -2.51. The molecule has 0 spiro atoms. The molecule has 2 amide bonds. The molecule has 8 bridgehead atoms. The first-order valence-electron chi connectivity index (χ1n) is 15.1. The lowest BCUT2D eigenvalue weighted by molar-refractivity contribution is -0.137. The van der Waals surface area contributed by atoms with Crippen LogP contribution >= 0.6 is 11.8 Å². The Balaban J connectivity index is 1.34. The van der Waals surface area contributed by atoms with Crippen molar-refractivity contribution in [3.63, 3.8) is 0 Å². The average molecular weight is 659 g/mol. The van der Waals surface area contributed by atoms with E-state index in [-0.39, 0.29) is 53.2 Å². The number of nitrogens with zero attached hydrogens (tertiary/aromatic N) is 3. The highest BCUT2D eigenvalue weighted by atomic mass is 32.2. The molecule has 0 aliphatic carbocycles. The highest BCUT2D eigenvalue weighted by Crippen LogP contribution is 2.41. The normalized spacial score (nSPS) is 24.1. The molecule has 46 heavy (non-hydrogen) atoms. The third kappa shape index (κ3) is 7.00. The van der Waals surface area contributed by atoms with Crippen LogP contribution in [0, 0.1) is 17.8 Å². The summed E-state index contributed by atoms with van der Waals surface area (Å²) in [7, 11) is 1.49. The number of piperidine rings is 1. The fourth-order valence-corrected chi connectivity index (χ4v) is 6.95. The van der Waals surface area contributed by atoms with Crippen LogP contribution in [0.2, 0.25) is 0 Å². The van der Waals surface area contributed by atoms with Crippen molar-refractivity contribution in [2.75, 3.05) is 63.6 Å². The van der Waals surface area contributed by atoms with Gasteiger partial charge in [-0.2, -0.15) is 13.2 Å². The van der Waals surface area contributed by atoms with Gasteiger partial charge in [0, 0.05) is 49.7 Å². The summed E-state index contributed by atoms with van der Waals surface area (Å²) < 4.78 is 63.3. The number of carbonyl (C=O) groups is 2. The van der Waals surface area contributed by atoms with Gasteiger partial charge in [-0.15, -0.1) is 0 Å². The van der Waals surface area contributed by atoms with Gasteiger partial charge in [-0.3, -0.25) is 9.59 Å². The van der Waals surface area contributed by atoms with E-state index in [1.165, 1.54) is 17.7 Å². The van der Waals surface area contributed by atoms with Crippen LogP contribution in [-0.2, 0) is 4.79 Å². The van der Waals surface area contributed by atoms with Crippen LogP contribution in [0.1, 0.15) is 28.8 Å². The molecule has 2 saturated heterocycles. The SMILES string of the molecule is COc1ccc2cc1NCC#Cc1cc3c(cccn3c1SC(F)(F)F)N[C@@H]1CCN(C[C@@H]1F)C(=O)[C@H]1CCN(CCNC2=O)C1. The maximum atomic E-state index is 15.5. The number of aromatic nitrogens is 1. The zero-order valence-corrected chi connectivity index (χ0v) is 25.9. The van der Waals surface area contributed by atoms with E-state index in [0.717, 1.165) is 0 Å². The summed E-state index contributed by atoms with van der Waals surface area (Å²) in [5, 5.41) is 9.12. The van der Waals surface area contributed by atoms with Crippen molar-refractivity contribution in [2.45, 2.75) is 35.6 Å². The van der Waals surface area contributed by atoms with Crippen molar-refractivity contribution >= 4 is 40.5 Å². The van der Waals surface area contributed by atoms with Crippen LogP contribution in [0.3, 0.4) is 0 Å². The molecule has 244 valence electrons. The fraction of sp³-hybridized carbons (Fsp3) is 0.438. The minimum atomic E-state index is -4.57. The molecular formula is C32H34F4N6O3S. The first-order valence-corrected chi connectivity index (χ1v) is 15.9. The predicted octanol–water partition coefficient (Wildman–Crippen LogP) is 4.44. The minimum Gasteiger partial charge on any atom is -0.495 e. The summed E-state index contributed by atoms with van der Waals surface area (Å²) in [5.74, 6) is 5.62. The van der Waals surface area contributed by atoms with E-state index < -0.39 is 17.7 Å². The van der Waals surface area contributed by atoms with Crippen molar-refractivity contribution in [1.82, 2.24) is 19.5 Å². The number of rotatable bonds is 2. The molecule has 1 unspecified atom stereocenters. The molecule has 7 rings (SSSR count). The topological polar surface area (TPSA) is 90.3 Å². The van der Waals surface area contributed by atoms with Crippen molar-refractivity contribution < 1.29 is 31.9 Å². The molecule has 9 nitrogen and oxygen atoms in total. The Labute approximate surface area is 268 Å². The van der Waals surface area contributed by atoms with Gasteiger partial charge in [-0.1, -0.05) is 11.8 Å². The molecular weight excluding hydrogens is 624 g/mol. The second-order valence-corrected chi connectivity index (χ2v) is 12.6. The molecule has 4 aliphatic rings. The number of halogens is 4. The van der Waals surface area contributed by atoms with E-state index in [1.54, 1.807) is 41.3 Å². The Hall–Kier alpha value is -4.09. The second kappa shape index (κ2) is 13.3. The Morgan fingerprint density at radius 2 is 1.87 bits per heavy atom. The maximum Gasteiger partial charge on any atom is 0.447 e. The highest BCUT2D eigenvalue weighted by molar-refractivity contribution is 8.00. The molecule has 1 aromatic carbocycles. The summed E-state index contributed by atoms with van der Waals surface area (Å²) in [6, 6.07) is 9.17. The van der Waals surface area contributed by atoms with Gasteiger partial charge >= 0.3 is 5.51 Å². The quantitative estimate of drug-likeness (QED) is 0.213. The van der Waals surface area contributed by atoms with Crippen LogP contribution < -0.4 is 20.7 Å². The number of amides is 2. The number of anilines is 2. The summed E-state index contributed by atoms with van der Waals surface area (Å²) in [4.78, 5) is 30.0. The number of thioether (sulfide) groups is 1. The van der Waals surface area contributed by atoms with E-state index in [0.29, 0.717) is 73.8 Å². The number of fused-ring (bicyclic) bond motifs is 7. The number of carbonyl (C=O) groups excluding carboxylic acids is 2. The predicted molar refractivity (Wildman–Crippen MR) is 168 cm³/mol. The first-order chi connectivity index (χ1) is 22.1. The van der Waals surface area contributed by atoms with Crippen molar-refractivity contribution in [2.24, 2.45) is 5.92 Å². The van der Waals surface area contributed by atoms with Crippen molar-refractivity contribution in [3.05, 3.63) is 53.7 Å². The lowest BCUT2D eigenvalue weighted by atomic mass is 9.99. The number of benzene rings is 1. The van der Waals surface area contributed by atoms with Gasteiger partial charge in [0.25, 0.3) is 5.91 Å². The van der Waals surface area contributed by atoms with E-state index in [2.05, 4.69) is 32.7 Å². The molecule has 4 aliphatic heterocycles. The Morgan fingerprint density at radius 3 is 2.65 bits per heavy atom. The van der Waals surface area contributed by atoms with Gasteiger partial charge in [0.2, 0.25) is 5.91 Å². The third-order valence-corrected chi connectivity index (χ3v) is 9.40. The summed E-state index contributed by atoms with van der Waals surface area (Å²) in [6.07, 6.45) is 1.16. The Bertz CT molecular complexity index is 1690. The lowest BCUT2D eigenvalue weighted by Gasteiger charge is -2.36. The zero-order chi connectivity index (χ0) is 32.4. The standard InChI is InChI=1S/C32H34F4N6O3S/c1-45-28-7-6-20-16-26(28)37-10-2-4-21-17-27-25(5-3-12-42(27)31(21)46-32(34,35)36)39-24-9-14-41(19-23(24)33)30(44)22-8-13-40(18-22)15-11-38-29(20)43/h3,5-7,12,16-17,22-24,37,39H,8-11,13-15,18-19H2,1H3,(H,38,43)/t22-,23-,24+/m0/s1.